The first-order valence-electron chi connectivity index (χ1n) is 11.1. The van der Waals surface area contributed by atoms with Crippen molar-refractivity contribution >= 4 is 22.8 Å². The number of aromatic amines is 1. The lowest BCUT2D eigenvalue weighted by molar-refractivity contribution is -0.190. The number of carboxylic acids is 1. The molecule has 1 amide bonds. The van der Waals surface area contributed by atoms with Crippen LogP contribution in [-0.4, -0.2) is 59.4 Å². The molecule has 0 unspecified atom stereocenters. The van der Waals surface area contributed by atoms with Crippen LogP contribution in [0, 0.1) is 6.92 Å². The van der Waals surface area contributed by atoms with Crippen LogP contribution in [0.2, 0.25) is 0 Å². The average Bonchev–Trinajstić information content (AvgIpc) is 3.32. The van der Waals surface area contributed by atoms with E-state index in [2.05, 4.69) is 4.98 Å². The van der Waals surface area contributed by atoms with Crippen molar-refractivity contribution in [2.24, 2.45) is 0 Å². The van der Waals surface area contributed by atoms with Crippen molar-refractivity contribution < 1.29 is 37.3 Å². The third-order valence-electron chi connectivity index (χ3n) is 6.28. The van der Waals surface area contributed by atoms with Crippen molar-refractivity contribution in [1.82, 2.24) is 9.88 Å². The van der Waals surface area contributed by atoms with E-state index in [1.54, 1.807) is 35.4 Å². The number of likely N-dealkylation sites (tertiary alicyclic amines) is 1. The molecule has 0 spiro atoms. The number of fused-ring (bicyclic) bond motifs is 1. The Morgan fingerprint density at radius 3 is 2.54 bits per heavy atom. The molecule has 1 aliphatic heterocycles. The molecule has 7 nitrogen and oxygen atoms in total. The molecule has 1 aliphatic rings. The van der Waals surface area contributed by atoms with Crippen LogP contribution in [0.25, 0.3) is 10.9 Å². The van der Waals surface area contributed by atoms with Gasteiger partial charge >= 0.3 is 12.1 Å². The summed E-state index contributed by atoms with van der Waals surface area (Å²) in [6.45, 7) is 0.688. The van der Waals surface area contributed by atoms with Crippen molar-refractivity contribution in [3.63, 3.8) is 0 Å². The molecule has 2 heterocycles. The Bertz CT molecular complexity index is 1240. The number of hydrogen-bond donors (Lipinski definition) is 2. The fourth-order valence-corrected chi connectivity index (χ4v) is 4.61. The normalized spacial score (nSPS) is 18.6. The fourth-order valence-electron chi connectivity index (χ4n) is 4.61. The molecule has 2 atom stereocenters. The van der Waals surface area contributed by atoms with Crippen LogP contribution in [0.5, 0.6) is 5.75 Å². The van der Waals surface area contributed by atoms with Crippen LogP contribution in [0.3, 0.4) is 0 Å². The van der Waals surface area contributed by atoms with Crippen LogP contribution in [0.15, 0.2) is 42.6 Å². The van der Waals surface area contributed by atoms with Gasteiger partial charge in [0.1, 0.15) is 12.4 Å². The highest BCUT2D eigenvalue weighted by atomic mass is 19.4. The molecule has 0 aliphatic carbocycles. The minimum atomic E-state index is -4.46. The molecule has 2 N–H and O–H groups in total. The standard InChI is InChI=1S/C25H25F3N2O5/c1-14-11-20(34-2)21(18-7-9-29-22(14)18)23(31)30-10-8-17(35-13-25(26,27)28)12-19(30)15-3-5-16(6-4-15)24(32)33/h3-7,9,11,17,19,29H,8,10,12-13H2,1-2H3,(H,32,33)/t17-,19+/m1/s1. The zero-order valence-electron chi connectivity index (χ0n) is 19.2. The van der Waals surface area contributed by atoms with Gasteiger partial charge in [-0.2, -0.15) is 13.2 Å². The van der Waals surface area contributed by atoms with Crippen molar-refractivity contribution in [2.75, 3.05) is 20.3 Å². The summed E-state index contributed by atoms with van der Waals surface area (Å²) < 4.78 is 48.9. The first-order chi connectivity index (χ1) is 16.6. The summed E-state index contributed by atoms with van der Waals surface area (Å²) >= 11 is 0. The summed E-state index contributed by atoms with van der Waals surface area (Å²) in [5, 5.41) is 9.90. The number of piperidine rings is 1. The summed E-state index contributed by atoms with van der Waals surface area (Å²) in [6, 6.07) is 8.93. The molecular weight excluding hydrogens is 465 g/mol. The Hall–Kier alpha value is -3.53. The number of carbonyl (C=O) groups is 2. The van der Waals surface area contributed by atoms with Crippen LogP contribution in [0.4, 0.5) is 13.2 Å². The number of methoxy groups -OCH3 is 1. The minimum Gasteiger partial charge on any atom is -0.496 e. The smallest absolute Gasteiger partial charge is 0.411 e. The number of benzene rings is 2. The largest absolute Gasteiger partial charge is 0.496 e. The molecule has 35 heavy (non-hydrogen) atoms. The minimum absolute atomic E-state index is 0.0709. The topological polar surface area (TPSA) is 91.9 Å². The fraction of sp³-hybridized carbons (Fsp3) is 0.360. The first kappa shape index (κ1) is 24.6. The summed E-state index contributed by atoms with van der Waals surface area (Å²) in [5.41, 5.74) is 2.73. The third-order valence-corrected chi connectivity index (χ3v) is 6.28. The molecule has 1 aromatic heterocycles. The van der Waals surface area contributed by atoms with Crippen molar-refractivity contribution in [1.29, 1.82) is 0 Å². The SMILES string of the molecule is COc1cc(C)c2[nH]ccc2c1C(=O)N1CC[C@@H](OCC(F)(F)F)C[C@H]1c1ccc(C(=O)O)cc1. The van der Waals surface area contributed by atoms with Gasteiger partial charge in [-0.05, 0) is 55.2 Å². The number of aromatic carboxylic acids is 1. The number of hydrogen-bond acceptors (Lipinski definition) is 4. The Balaban J connectivity index is 1.71. The quantitative estimate of drug-likeness (QED) is 0.501. The maximum absolute atomic E-state index is 13.9. The number of alkyl halides is 3. The van der Waals surface area contributed by atoms with Gasteiger partial charge in [0.15, 0.2) is 0 Å². The van der Waals surface area contributed by atoms with E-state index in [4.69, 9.17) is 9.47 Å². The van der Waals surface area contributed by atoms with Gasteiger partial charge in [0.2, 0.25) is 0 Å². The van der Waals surface area contributed by atoms with E-state index in [1.807, 2.05) is 6.92 Å². The van der Waals surface area contributed by atoms with Gasteiger partial charge in [0.25, 0.3) is 5.91 Å². The molecule has 0 radical (unpaired) electrons. The summed E-state index contributed by atoms with van der Waals surface area (Å²) in [7, 11) is 1.48. The van der Waals surface area contributed by atoms with Gasteiger partial charge in [-0.15, -0.1) is 0 Å². The van der Waals surface area contributed by atoms with Crippen LogP contribution in [-0.2, 0) is 4.74 Å². The Morgan fingerprint density at radius 2 is 1.91 bits per heavy atom. The second kappa shape index (κ2) is 9.61. The maximum Gasteiger partial charge on any atom is 0.411 e. The van der Waals surface area contributed by atoms with Gasteiger partial charge in [0, 0.05) is 23.6 Å². The molecule has 3 aromatic rings. The van der Waals surface area contributed by atoms with E-state index in [9.17, 15) is 27.9 Å². The van der Waals surface area contributed by atoms with E-state index < -0.39 is 30.9 Å². The maximum atomic E-state index is 13.9. The van der Waals surface area contributed by atoms with Crippen molar-refractivity contribution in [2.45, 2.75) is 38.1 Å². The summed E-state index contributed by atoms with van der Waals surface area (Å²) in [6.07, 6.45) is -3.07. The molecular formula is C25H25F3N2O5. The first-order valence-corrected chi connectivity index (χ1v) is 11.1. The van der Waals surface area contributed by atoms with E-state index in [0.29, 0.717) is 22.3 Å². The number of rotatable bonds is 6. The predicted molar refractivity (Wildman–Crippen MR) is 122 cm³/mol. The van der Waals surface area contributed by atoms with E-state index in [0.717, 1.165) is 11.1 Å². The van der Waals surface area contributed by atoms with Crippen molar-refractivity contribution in [3.8, 4) is 5.75 Å². The number of nitrogens with zero attached hydrogens (tertiary/aromatic N) is 1. The third kappa shape index (κ3) is 5.12. The number of ether oxygens (including phenoxy) is 2. The Kier molecular flexibility index (Phi) is 6.75. The lowest BCUT2D eigenvalue weighted by Gasteiger charge is -2.40. The highest BCUT2D eigenvalue weighted by Crippen LogP contribution is 2.38. The Morgan fingerprint density at radius 1 is 1.20 bits per heavy atom. The number of amides is 1. The zero-order valence-corrected chi connectivity index (χ0v) is 19.2. The molecule has 4 rings (SSSR count). The van der Waals surface area contributed by atoms with Crippen LogP contribution in [0.1, 0.15) is 50.7 Å². The molecule has 0 bridgehead atoms. The second-order valence-electron chi connectivity index (χ2n) is 8.55. The van der Waals surface area contributed by atoms with Gasteiger partial charge in [0.05, 0.1) is 30.4 Å². The van der Waals surface area contributed by atoms with E-state index in [-0.39, 0.29) is 30.9 Å². The number of H-pyrrole nitrogens is 1. The molecule has 1 saturated heterocycles. The lowest BCUT2D eigenvalue weighted by atomic mass is 9.91. The highest BCUT2D eigenvalue weighted by molar-refractivity contribution is 6.09. The molecule has 186 valence electrons. The Labute approximate surface area is 199 Å². The monoisotopic (exact) mass is 490 g/mol. The number of aryl methyl sites for hydroxylation is 1. The number of halogens is 3. The number of carboxylic acid groups (broad SMARTS) is 1. The van der Waals surface area contributed by atoms with Gasteiger partial charge in [-0.3, -0.25) is 4.79 Å². The number of nitrogens with one attached hydrogen (secondary N) is 1. The van der Waals surface area contributed by atoms with E-state index in [1.165, 1.54) is 19.2 Å². The van der Waals surface area contributed by atoms with Gasteiger partial charge < -0.3 is 24.5 Å². The zero-order chi connectivity index (χ0) is 25.3. The van der Waals surface area contributed by atoms with Gasteiger partial charge in [-0.1, -0.05) is 12.1 Å². The number of carbonyl (C=O) groups excluding carboxylic acids is 1. The lowest BCUT2D eigenvalue weighted by Crippen LogP contribution is -2.44. The molecule has 0 saturated carbocycles. The highest BCUT2D eigenvalue weighted by Gasteiger charge is 2.37. The number of aromatic nitrogens is 1. The summed E-state index contributed by atoms with van der Waals surface area (Å²) in [5.74, 6) is -1.03. The van der Waals surface area contributed by atoms with E-state index >= 15 is 0 Å². The van der Waals surface area contributed by atoms with Crippen LogP contribution < -0.4 is 4.74 Å². The second-order valence-corrected chi connectivity index (χ2v) is 8.55. The molecule has 1 fully saturated rings. The predicted octanol–water partition coefficient (Wildman–Crippen LogP) is 5.11. The average molecular weight is 490 g/mol. The van der Waals surface area contributed by atoms with Crippen molar-refractivity contribution in [3.05, 3.63) is 64.8 Å². The molecule has 2 aromatic carbocycles. The van der Waals surface area contributed by atoms with Gasteiger partial charge in [-0.25, -0.2) is 4.79 Å². The van der Waals surface area contributed by atoms with Crippen LogP contribution >= 0.6 is 0 Å². The molecule has 10 heteroatoms. The summed E-state index contributed by atoms with van der Waals surface area (Å²) in [4.78, 5) is 29.9.